The zero-order valence-electron chi connectivity index (χ0n) is 15.0. The fourth-order valence-corrected chi connectivity index (χ4v) is 3.63. The third-order valence-corrected chi connectivity index (χ3v) is 5.06. The molecule has 0 aliphatic heterocycles. The van der Waals surface area contributed by atoms with Crippen molar-refractivity contribution in [2.24, 2.45) is 5.92 Å². The van der Waals surface area contributed by atoms with Crippen molar-refractivity contribution in [3.63, 3.8) is 0 Å². The Kier molecular flexibility index (Phi) is 8.84. The van der Waals surface area contributed by atoms with E-state index in [0.717, 1.165) is 5.92 Å². The molecule has 0 N–H and O–H groups in total. The van der Waals surface area contributed by atoms with Crippen LogP contribution in [0.2, 0.25) is 0 Å². The molecule has 1 fully saturated rings. The Balaban J connectivity index is 2.01. The van der Waals surface area contributed by atoms with Gasteiger partial charge in [0.05, 0.1) is 0 Å². The van der Waals surface area contributed by atoms with Crippen molar-refractivity contribution < 1.29 is 0 Å². The lowest BCUT2D eigenvalue weighted by atomic mass is 9.90. The lowest BCUT2D eigenvalue weighted by molar-refractivity contribution is 0.412. The van der Waals surface area contributed by atoms with E-state index in [9.17, 15) is 0 Å². The van der Waals surface area contributed by atoms with Gasteiger partial charge in [-0.25, -0.2) is 0 Å². The molecule has 126 valence electrons. The number of aryl methyl sites for hydroxylation is 1. The molecule has 0 unspecified atom stereocenters. The fraction of sp³-hybridized carbons (Fsp3) is 0.565. The van der Waals surface area contributed by atoms with Crippen LogP contribution in [0.1, 0.15) is 75.3 Å². The van der Waals surface area contributed by atoms with E-state index in [1.54, 1.807) is 0 Å². The van der Waals surface area contributed by atoms with Crippen LogP contribution in [-0.4, -0.2) is 0 Å². The van der Waals surface area contributed by atoms with Crippen molar-refractivity contribution in [2.75, 3.05) is 0 Å². The molecular weight excluding hydrogens is 276 g/mol. The SMILES string of the molecule is Cc1ccccc(CC2CCCCCCCCCC2)cccc1. The molecule has 1 aromatic rings. The summed E-state index contributed by atoms with van der Waals surface area (Å²) in [5, 5.41) is 0. The van der Waals surface area contributed by atoms with Gasteiger partial charge in [0.1, 0.15) is 0 Å². The van der Waals surface area contributed by atoms with Crippen LogP contribution >= 0.6 is 0 Å². The Bertz CT molecular complexity index is 447. The second-order valence-corrected chi connectivity index (χ2v) is 7.23. The Labute approximate surface area is 143 Å². The average Bonchev–Trinajstić information content (AvgIpc) is 2.61. The second kappa shape index (κ2) is 11.3. The molecule has 1 saturated carbocycles. The number of hydrogen-bond acceptors (Lipinski definition) is 0. The lowest BCUT2D eigenvalue weighted by Gasteiger charge is -2.16. The van der Waals surface area contributed by atoms with Crippen molar-refractivity contribution in [1.82, 2.24) is 0 Å². The highest BCUT2D eigenvalue weighted by Crippen LogP contribution is 2.24. The number of rotatable bonds is 2. The van der Waals surface area contributed by atoms with Gasteiger partial charge in [-0.15, -0.1) is 0 Å². The van der Waals surface area contributed by atoms with Crippen molar-refractivity contribution in [2.45, 2.75) is 77.6 Å². The normalized spacial score (nSPS) is 17.8. The van der Waals surface area contributed by atoms with Crippen LogP contribution < -0.4 is 0 Å². The largest absolute Gasteiger partial charge is 0.0620 e. The van der Waals surface area contributed by atoms with Gasteiger partial charge in [-0.3, -0.25) is 0 Å². The van der Waals surface area contributed by atoms with E-state index >= 15 is 0 Å². The molecule has 0 spiro atoms. The van der Waals surface area contributed by atoms with E-state index in [1.165, 1.54) is 81.8 Å². The molecule has 23 heavy (non-hydrogen) atoms. The molecule has 0 heteroatoms. The molecule has 2 rings (SSSR count). The van der Waals surface area contributed by atoms with E-state index < -0.39 is 0 Å². The third kappa shape index (κ3) is 8.21. The van der Waals surface area contributed by atoms with Gasteiger partial charge in [0.25, 0.3) is 0 Å². The highest BCUT2D eigenvalue weighted by molar-refractivity contribution is 5.15. The lowest BCUT2D eigenvalue weighted by Crippen LogP contribution is -2.05. The van der Waals surface area contributed by atoms with E-state index in [-0.39, 0.29) is 0 Å². The smallest absolute Gasteiger partial charge is 0.0250 e. The molecule has 1 aliphatic carbocycles. The minimum Gasteiger partial charge on any atom is -0.0620 e. The predicted octanol–water partition coefficient (Wildman–Crippen LogP) is 7.19. The summed E-state index contributed by atoms with van der Waals surface area (Å²) in [4.78, 5) is 0. The Hall–Kier alpha value is -1.30. The van der Waals surface area contributed by atoms with Gasteiger partial charge in [0.15, 0.2) is 0 Å². The van der Waals surface area contributed by atoms with Crippen LogP contribution in [0.3, 0.4) is 0 Å². The summed E-state index contributed by atoms with van der Waals surface area (Å²) < 4.78 is 0. The summed E-state index contributed by atoms with van der Waals surface area (Å²) in [5.74, 6) is 0.876. The van der Waals surface area contributed by atoms with E-state index in [1.807, 2.05) is 0 Å². The first-order valence-corrected chi connectivity index (χ1v) is 9.73. The van der Waals surface area contributed by atoms with Crippen LogP contribution in [0, 0.1) is 12.8 Å². The molecule has 0 nitrogen and oxygen atoms in total. The zero-order valence-corrected chi connectivity index (χ0v) is 15.0. The maximum atomic E-state index is 2.31. The molecule has 0 atom stereocenters. The first-order chi connectivity index (χ1) is 11.3. The molecule has 0 amide bonds. The molecular formula is C23H34. The van der Waals surface area contributed by atoms with Gasteiger partial charge in [0.2, 0.25) is 0 Å². The Morgan fingerprint density at radius 2 is 1.09 bits per heavy atom. The van der Waals surface area contributed by atoms with Gasteiger partial charge < -0.3 is 0 Å². The summed E-state index contributed by atoms with van der Waals surface area (Å²) in [6.45, 7) is 2.14. The standard InChI is InChI=1S/C23H34/c1-21-14-10-12-18-23(19-13-11-15-21)20-22-16-8-6-4-2-3-5-7-9-17-22/h10-15,18-19,22H,2-9,16-17,20H2,1H3. The van der Waals surface area contributed by atoms with Gasteiger partial charge >= 0.3 is 0 Å². The van der Waals surface area contributed by atoms with Crippen LogP contribution in [0.4, 0.5) is 0 Å². The predicted molar refractivity (Wildman–Crippen MR) is 102 cm³/mol. The van der Waals surface area contributed by atoms with Gasteiger partial charge in [0, 0.05) is 0 Å². The van der Waals surface area contributed by atoms with Crippen LogP contribution in [0.15, 0.2) is 48.5 Å². The maximum absolute atomic E-state index is 2.31. The van der Waals surface area contributed by atoms with Crippen molar-refractivity contribution in [3.8, 4) is 0 Å². The fourth-order valence-electron chi connectivity index (χ4n) is 3.63. The minimum absolute atomic E-state index is 0.876. The molecule has 0 bridgehead atoms. The van der Waals surface area contributed by atoms with Crippen LogP contribution in [0.5, 0.6) is 0 Å². The van der Waals surface area contributed by atoms with Crippen molar-refractivity contribution in [3.05, 3.63) is 59.7 Å². The molecule has 0 heterocycles. The molecule has 0 saturated heterocycles. The first kappa shape index (κ1) is 18.0. The number of hydrogen-bond donors (Lipinski definition) is 0. The average molecular weight is 311 g/mol. The van der Waals surface area contributed by atoms with E-state index in [4.69, 9.17) is 0 Å². The molecule has 0 radical (unpaired) electrons. The van der Waals surface area contributed by atoms with Crippen LogP contribution in [-0.2, 0) is 6.42 Å². The maximum Gasteiger partial charge on any atom is -0.0250 e. The monoisotopic (exact) mass is 310 g/mol. The summed E-state index contributed by atoms with van der Waals surface area (Å²) in [7, 11) is 0. The molecule has 0 aromatic heterocycles. The zero-order chi connectivity index (χ0) is 16.2. The van der Waals surface area contributed by atoms with Gasteiger partial charge in [-0.2, -0.15) is 0 Å². The Morgan fingerprint density at radius 1 is 0.652 bits per heavy atom. The third-order valence-electron chi connectivity index (χ3n) is 5.06. The topological polar surface area (TPSA) is 0 Å². The summed E-state index contributed by atoms with van der Waals surface area (Å²) in [5.41, 5.74) is 2.78. The van der Waals surface area contributed by atoms with Crippen molar-refractivity contribution in [1.29, 1.82) is 0 Å². The molecule has 1 aliphatic rings. The van der Waals surface area contributed by atoms with Crippen molar-refractivity contribution >= 4 is 0 Å². The van der Waals surface area contributed by atoms with E-state index in [2.05, 4.69) is 55.5 Å². The summed E-state index contributed by atoms with van der Waals surface area (Å²) in [6, 6.07) is 17.7. The van der Waals surface area contributed by atoms with Gasteiger partial charge in [-0.05, 0) is 24.8 Å². The van der Waals surface area contributed by atoms with Crippen LogP contribution in [0.25, 0.3) is 0 Å². The summed E-state index contributed by atoms with van der Waals surface area (Å²) >= 11 is 0. The second-order valence-electron chi connectivity index (χ2n) is 7.23. The summed E-state index contributed by atoms with van der Waals surface area (Å²) in [6.07, 6.45) is 15.7. The highest BCUT2D eigenvalue weighted by atomic mass is 14.2. The minimum atomic E-state index is 0.876. The highest BCUT2D eigenvalue weighted by Gasteiger charge is 2.10. The molecule has 1 aromatic carbocycles. The van der Waals surface area contributed by atoms with Gasteiger partial charge in [-0.1, -0.05) is 118 Å². The van der Waals surface area contributed by atoms with E-state index in [0.29, 0.717) is 0 Å². The Morgan fingerprint density at radius 3 is 1.61 bits per heavy atom. The quantitative estimate of drug-likeness (QED) is 0.542. The first-order valence-electron chi connectivity index (χ1n) is 9.73.